The summed E-state index contributed by atoms with van der Waals surface area (Å²) in [5.74, 6) is 2.24. The molecule has 0 saturated carbocycles. The number of rotatable bonds is 10. The molecule has 1 N–H and O–H groups in total. The predicted octanol–water partition coefficient (Wildman–Crippen LogP) is 2.73. The molecule has 30 heavy (non-hydrogen) atoms. The van der Waals surface area contributed by atoms with Crippen LogP contribution in [0.1, 0.15) is 0 Å². The molecular weight excluding hydrogens is 386 g/mol. The Morgan fingerprint density at radius 2 is 1.43 bits per heavy atom. The van der Waals surface area contributed by atoms with Crippen LogP contribution in [0.3, 0.4) is 0 Å². The summed E-state index contributed by atoms with van der Waals surface area (Å²) >= 11 is 0. The molecule has 0 bridgehead atoms. The van der Waals surface area contributed by atoms with E-state index in [1.165, 1.54) is 0 Å². The second-order valence-electron chi connectivity index (χ2n) is 6.15. The third kappa shape index (κ3) is 6.10. The summed E-state index contributed by atoms with van der Waals surface area (Å²) < 4.78 is 21.1. The Labute approximate surface area is 174 Å². The minimum Gasteiger partial charge on any atom is -0.497 e. The van der Waals surface area contributed by atoms with Gasteiger partial charge in [-0.25, -0.2) is 0 Å². The molecule has 3 aromatic rings. The van der Waals surface area contributed by atoms with Gasteiger partial charge in [-0.1, -0.05) is 0 Å². The minimum atomic E-state index is -0.240. The first-order chi connectivity index (χ1) is 14.7. The largest absolute Gasteiger partial charge is 0.497 e. The monoisotopic (exact) mass is 409 g/mol. The van der Waals surface area contributed by atoms with Crippen molar-refractivity contribution in [2.75, 3.05) is 34.0 Å². The van der Waals surface area contributed by atoms with Gasteiger partial charge in [0, 0.05) is 11.6 Å². The van der Waals surface area contributed by atoms with Crippen LogP contribution in [0.4, 0.5) is 0 Å². The van der Waals surface area contributed by atoms with E-state index >= 15 is 0 Å². The van der Waals surface area contributed by atoms with Crippen molar-refractivity contribution in [3.05, 3.63) is 60.7 Å². The number of methoxy groups -OCH3 is 2. The van der Waals surface area contributed by atoms with Crippen molar-refractivity contribution >= 4 is 5.91 Å². The zero-order chi connectivity index (χ0) is 21.2. The quantitative estimate of drug-likeness (QED) is 0.515. The van der Waals surface area contributed by atoms with E-state index in [1.54, 1.807) is 44.6 Å². The Balaban J connectivity index is 1.36. The lowest BCUT2D eigenvalue weighted by molar-refractivity contribution is -0.123. The molecule has 0 radical (unpaired) electrons. The molecule has 8 nitrogen and oxygen atoms in total. The third-order valence-corrected chi connectivity index (χ3v) is 4.13. The maximum atomic E-state index is 11.8. The number of ether oxygens (including phenoxy) is 4. The Morgan fingerprint density at radius 1 is 0.800 bits per heavy atom. The van der Waals surface area contributed by atoms with Crippen LogP contribution in [-0.4, -0.2) is 50.1 Å². The fourth-order valence-corrected chi connectivity index (χ4v) is 2.53. The van der Waals surface area contributed by atoms with Crippen LogP contribution in [-0.2, 0) is 4.79 Å². The molecule has 2 aromatic carbocycles. The Bertz CT molecular complexity index is 928. The van der Waals surface area contributed by atoms with Crippen LogP contribution in [0.2, 0.25) is 0 Å². The summed E-state index contributed by atoms with van der Waals surface area (Å²) in [5, 5.41) is 10.9. The highest BCUT2D eigenvalue weighted by Crippen LogP contribution is 2.21. The van der Waals surface area contributed by atoms with Crippen LogP contribution in [0.5, 0.6) is 23.1 Å². The average Bonchev–Trinajstić information content (AvgIpc) is 2.81. The van der Waals surface area contributed by atoms with Crippen LogP contribution in [0.15, 0.2) is 60.7 Å². The predicted molar refractivity (Wildman–Crippen MR) is 111 cm³/mol. The van der Waals surface area contributed by atoms with E-state index in [1.807, 2.05) is 30.3 Å². The lowest BCUT2D eigenvalue weighted by Gasteiger charge is -2.09. The Kier molecular flexibility index (Phi) is 7.43. The lowest BCUT2D eigenvalue weighted by Crippen LogP contribution is -2.32. The molecule has 0 spiro atoms. The lowest BCUT2D eigenvalue weighted by atomic mass is 10.1. The number of hydrogen-bond acceptors (Lipinski definition) is 7. The van der Waals surface area contributed by atoms with E-state index in [0.29, 0.717) is 18.2 Å². The number of aromatic nitrogens is 2. The van der Waals surface area contributed by atoms with Crippen molar-refractivity contribution in [3.63, 3.8) is 0 Å². The molecule has 0 aliphatic rings. The molecule has 8 heteroatoms. The zero-order valence-corrected chi connectivity index (χ0v) is 16.8. The molecule has 0 saturated heterocycles. The molecule has 3 rings (SSSR count). The van der Waals surface area contributed by atoms with Crippen LogP contribution < -0.4 is 24.3 Å². The summed E-state index contributed by atoms with van der Waals surface area (Å²) in [6, 6.07) is 18.1. The molecule has 156 valence electrons. The number of hydrogen-bond donors (Lipinski definition) is 1. The molecule has 1 heterocycles. The van der Waals surface area contributed by atoms with Gasteiger partial charge in [0.25, 0.3) is 5.91 Å². The smallest absolute Gasteiger partial charge is 0.258 e. The fraction of sp³-hybridized carbons (Fsp3) is 0.227. The number of nitrogens with one attached hydrogen (secondary N) is 1. The van der Waals surface area contributed by atoms with E-state index in [9.17, 15) is 4.79 Å². The summed E-state index contributed by atoms with van der Waals surface area (Å²) in [5.41, 5.74) is 1.66. The number of nitrogens with zero attached hydrogens (tertiary/aromatic N) is 2. The summed E-state index contributed by atoms with van der Waals surface area (Å²) in [6.07, 6.45) is 0. The highest BCUT2D eigenvalue weighted by Gasteiger charge is 2.05. The number of carbonyl (C=O) groups excluding carboxylic acids is 1. The van der Waals surface area contributed by atoms with Crippen molar-refractivity contribution in [2.45, 2.75) is 0 Å². The zero-order valence-electron chi connectivity index (χ0n) is 16.8. The number of amides is 1. The maximum absolute atomic E-state index is 11.8. The van der Waals surface area contributed by atoms with E-state index in [2.05, 4.69) is 15.5 Å². The van der Waals surface area contributed by atoms with Gasteiger partial charge in [-0.2, -0.15) is 0 Å². The molecular formula is C22H23N3O5. The third-order valence-electron chi connectivity index (χ3n) is 4.13. The topological polar surface area (TPSA) is 91.8 Å². The van der Waals surface area contributed by atoms with Gasteiger partial charge in [0.05, 0.1) is 26.5 Å². The van der Waals surface area contributed by atoms with E-state index in [-0.39, 0.29) is 19.1 Å². The van der Waals surface area contributed by atoms with E-state index in [4.69, 9.17) is 18.9 Å². The standard InChI is InChI=1S/C22H23N3O5/c1-27-17-5-3-16(4-6-17)20-11-12-22(25-24-20)29-14-13-23-21(26)15-30-19-9-7-18(28-2)8-10-19/h3-12H,13-15H2,1-2H3,(H,23,26). The van der Waals surface area contributed by atoms with Gasteiger partial charge < -0.3 is 24.3 Å². The van der Waals surface area contributed by atoms with Gasteiger partial charge in [-0.3, -0.25) is 4.79 Å². The van der Waals surface area contributed by atoms with Gasteiger partial charge in [0.2, 0.25) is 5.88 Å². The molecule has 1 aromatic heterocycles. The van der Waals surface area contributed by atoms with Crippen molar-refractivity contribution in [2.24, 2.45) is 0 Å². The first kappa shape index (κ1) is 20.9. The maximum Gasteiger partial charge on any atom is 0.258 e. The average molecular weight is 409 g/mol. The van der Waals surface area contributed by atoms with Crippen molar-refractivity contribution in [1.82, 2.24) is 15.5 Å². The highest BCUT2D eigenvalue weighted by molar-refractivity contribution is 5.77. The Morgan fingerprint density at radius 3 is 2.03 bits per heavy atom. The second-order valence-corrected chi connectivity index (χ2v) is 6.15. The fourth-order valence-electron chi connectivity index (χ4n) is 2.53. The molecule has 1 amide bonds. The van der Waals surface area contributed by atoms with E-state index in [0.717, 1.165) is 22.8 Å². The van der Waals surface area contributed by atoms with Crippen LogP contribution >= 0.6 is 0 Å². The number of benzene rings is 2. The van der Waals surface area contributed by atoms with Crippen molar-refractivity contribution in [3.8, 4) is 34.4 Å². The van der Waals surface area contributed by atoms with Gasteiger partial charge in [0.1, 0.15) is 23.9 Å². The molecule has 0 fully saturated rings. The minimum absolute atomic E-state index is 0.0807. The van der Waals surface area contributed by atoms with Gasteiger partial charge in [-0.15, -0.1) is 10.2 Å². The summed E-state index contributed by atoms with van der Waals surface area (Å²) in [7, 11) is 3.21. The second kappa shape index (κ2) is 10.7. The summed E-state index contributed by atoms with van der Waals surface area (Å²) in [6.45, 7) is 0.514. The van der Waals surface area contributed by atoms with Crippen molar-refractivity contribution in [1.29, 1.82) is 0 Å². The Hall–Kier alpha value is -3.81. The molecule has 0 aliphatic carbocycles. The van der Waals surface area contributed by atoms with Crippen LogP contribution in [0, 0.1) is 0 Å². The number of carbonyl (C=O) groups is 1. The van der Waals surface area contributed by atoms with Crippen molar-refractivity contribution < 1.29 is 23.7 Å². The summed E-state index contributed by atoms with van der Waals surface area (Å²) in [4.78, 5) is 11.8. The van der Waals surface area contributed by atoms with Gasteiger partial charge >= 0.3 is 0 Å². The highest BCUT2D eigenvalue weighted by atomic mass is 16.5. The molecule has 0 atom stereocenters. The first-order valence-electron chi connectivity index (χ1n) is 9.32. The van der Waals surface area contributed by atoms with Gasteiger partial charge in [-0.05, 0) is 54.6 Å². The normalized spacial score (nSPS) is 10.2. The molecule has 0 aliphatic heterocycles. The van der Waals surface area contributed by atoms with Crippen LogP contribution in [0.25, 0.3) is 11.3 Å². The molecule has 0 unspecified atom stereocenters. The first-order valence-corrected chi connectivity index (χ1v) is 9.32. The van der Waals surface area contributed by atoms with Gasteiger partial charge in [0.15, 0.2) is 6.61 Å². The van der Waals surface area contributed by atoms with E-state index < -0.39 is 0 Å². The SMILES string of the molecule is COc1ccc(OCC(=O)NCCOc2ccc(-c3ccc(OC)cc3)nn2)cc1.